The molecule has 0 saturated carbocycles. The number of carbonyl (C=O) groups excluding carboxylic acids is 3. The topological polar surface area (TPSA) is 106 Å². The quantitative estimate of drug-likeness (QED) is 0.454. The molecule has 0 aromatic carbocycles. The van der Waals surface area contributed by atoms with Gasteiger partial charge < -0.3 is 29.1 Å². The van der Waals surface area contributed by atoms with Crippen molar-refractivity contribution in [3.8, 4) is 0 Å². The van der Waals surface area contributed by atoms with Crippen LogP contribution in [0.3, 0.4) is 0 Å². The van der Waals surface area contributed by atoms with E-state index in [-0.39, 0.29) is 45.4 Å². The van der Waals surface area contributed by atoms with E-state index >= 15 is 0 Å². The highest BCUT2D eigenvalue weighted by atomic mass is 19.1. The van der Waals surface area contributed by atoms with Crippen LogP contribution in [0.4, 0.5) is 18.4 Å². The molecule has 0 bridgehead atoms. The van der Waals surface area contributed by atoms with Crippen LogP contribution in [0, 0.1) is 0 Å². The highest BCUT2D eigenvalue weighted by Crippen LogP contribution is 2.29. The molecule has 0 atom stereocenters. The summed E-state index contributed by atoms with van der Waals surface area (Å²) in [5.41, 5.74) is -4.62. The minimum atomic E-state index is -1.98. The van der Waals surface area contributed by atoms with Crippen molar-refractivity contribution >= 4 is 18.2 Å². The van der Waals surface area contributed by atoms with Crippen molar-refractivity contribution in [2.24, 2.45) is 0 Å². The predicted molar refractivity (Wildman–Crippen MR) is 125 cm³/mol. The fraction of sp³-hybridized carbons (Fsp3) is 0.875. The van der Waals surface area contributed by atoms with Crippen LogP contribution in [-0.2, 0) is 19.0 Å². The van der Waals surface area contributed by atoms with Crippen molar-refractivity contribution in [1.29, 1.82) is 0 Å². The van der Waals surface area contributed by atoms with Crippen LogP contribution < -0.4 is 0 Å². The highest BCUT2D eigenvalue weighted by molar-refractivity contribution is 5.80. The van der Waals surface area contributed by atoms with Crippen molar-refractivity contribution < 1.29 is 42.5 Å². The number of esters is 1. The second-order valence-corrected chi connectivity index (χ2v) is 10.9. The first-order valence-corrected chi connectivity index (χ1v) is 12.1. The van der Waals surface area contributed by atoms with Gasteiger partial charge in [-0.3, -0.25) is 0 Å². The van der Waals surface area contributed by atoms with Gasteiger partial charge in [-0.2, -0.15) is 0 Å². The minimum Gasteiger partial charge on any atom is -0.464 e. The number of carbonyl (C=O) groups is 3. The number of alkyl halides is 2. The van der Waals surface area contributed by atoms with E-state index in [1.54, 1.807) is 48.5 Å². The molecule has 35 heavy (non-hydrogen) atoms. The first-order chi connectivity index (χ1) is 15.9. The molecule has 2 fully saturated rings. The Balaban J connectivity index is 0.000000355. The van der Waals surface area contributed by atoms with Crippen LogP contribution in [0.2, 0.25) is 0 Å². The maximum Gasteiger partial charge on any atom is 0.410 e. The number of aliphatic hydroxyl groups is 1. The number of likely N-dealkylation sites (tertiary alicyclic amines) is 2. The van der Waals surface area contributed by atoms with E-state index in [0.717, 1.165) is 0 Å². The molecule has 2 heterocycles. The number of aliphatic hydroxyl groups excluding tert-OH is 1. The van der Waals surface area contributed by atoms with Crippen LogP contribution in [0.1, 0.15) is 74.1 Å². The lowest BCUT2D eigenvalue weighted by molar-refractivity contribution is -0.160. The van der Waals surface area contributed by atoms with Gasteiger partial charge in [-0.15, -0.1) is 0 Å². The average Bonchev–Trinajstić information content (AvgIpc) is 2.73. The van der Waals surface area contributed by atoms with Gasteiger partial charge in [-0.05, 0) is 48.5 Å². The lowest BCUT2D eigenvalue weighted by atomic mass is 9.93. The van der Waals surface area contributed by atoms with Gasteiger partial charge in [-0.25, -0.2) is 23.2 Å². The molecule has 0 aromatic rings. The first-order valence-electron chi connectivity index (χ1n) is 12.1. The summed E-state index contributed by atoms with van der Waals surface area (Å²) in [5, 5.41) is 8.85. The molecule has 2 aliphatic rings. The number of piperidine rings is 2. The van der Waals surface area contributed by atoms with E-state index in [1.165, 1.54) is 9.80 Å². The molecule has 9 nitrogen and oxygen atoms in total. The Morgan fingerprint density at radius 3 is 1.49 bits per heavy atom. The molecule has 2 rings (SSSR count). The van der Waals surface area contributed by atoms with Gasteiger partial charge in [0, 0.05) is 51.9 Å². The summed E-state index contributed by atoms with van der Waals surface area (Å²) in [7, 11) is 0. The Hall–Kier alpha value is -2.17. The Kier molecular flexibility index (Phi) is 10.7. The lowest BCUT2D eigenvalue weighted by Crippen LogP contribution is -2.50. The summed E-state index contributed by atoms with van der Waals surface area (Å²) in [6.07, 6.45) is -0.646. The van der Waals surface area contributed by atoms with Crippen molar-refractivity contribution in [2.75, 3.05) is 39.4 Å². The summed E-state index contributed by atoms with van der Waals surface area (Å²) in [6, 6.07) is 0. The summed E-state index contributed by atoms with van der Waals surface area (Å²) >= 11 is 0. The predicted octanol–water partition coefficient (Wildman–Crippen LogP) is 4.01. The number of hydrogen-bond acceptors (Lipinski definition) is 7. The van der Waals surface area contributed by atoms with Gasteiger partial charge in [0.1, 0.15) is 16.9 Å². The minimum absolute atomic E-state index is 0.0505. The molecular weight excluding hydrogens is 466 g/mol. The zero-order valence-corrected chi connectivity index (χ0v) is 22.1. The van der Waals surface area contributed by atoms with E-state index in [2.05, 4.69) is 0 Å². The van der Waals surface area contributed by atoms with Crippen molar-refractivity contribution in [1.82, 2.24) is 9.80 Å². The lowest BCUT2D eigenvalue weighted by Gasteiger charge is -2.36. The number of nitrogens with zero attached hydrogens (tertiary/aromatic N) is 2. The summed E-state index contributed by atoms with van der Waals surface area (Å²) in [4.78, 5) is 37.8. The number of rotatable bonds is 3. The van der Waals surface area contributed by atoms with Crippen LogP contribution in [0.25, 0.3) is 0 Å². The van der Waals surface area contributed by atoms with Gasteiger partial charge >= 0.3 is 18.2 Å². The third-order valence-corrected chi connectivity index (χ3v) is 5.44. The van der Waals surface area contributed by atoms with Crippen LogP contribution in [0.15, 0.2) is 0 Å². The van der Waals surface area contributed by atoms with Gasteiger partial charge in [0.05, 0.1) is 13.2 Å². The molecule has 0 aromatic heterocycles. The van der Waals surface area contributed by atoms with Crippen LogP contribution in [-0.4, -0.2) is 95.0 Å². The third kappa shape index (κ3) is 10.5. The number of hydrogen-bond donors (Lipinski definition) is 1. The molecular formula is C24H42F2N2O7. The zero-order valence-electron chi connectivity index (χ0n) is 22.1. The second kappa shape index (κ2) is 12.2. The van der Waals surface area contributed by atoms with Gasteiger partial charge in [0.15, 0.2) is 0 Å². The highest BCUT2D eigenvalue weighted by Gasteiger charge is 2.44. The van der Waals surface area contributed by atoms with Gasteiger partial charge in [0.2, 0.25) is 5.67 Å². The van der Waals surface area contributed by atoms with Crippen LogP contribution >= 0.6 is 0 Å². The molecule has 0 spiro atoms. The number of ether oxygens (including phenoxy) is 3. The van der Waals surface area contributed by atoms with E-state index in [1.807, 2.05) is 0 Å². The monoisotopic (exact) mass is 508 g/mol. The molecule has 2 aliphatic heterocycles. The Bertz CT molecular complexity index is 718. The maximum atomic E-state index is 14.3. The van der Waals surface area contributed by atoms with Gasteiger partial charge in [-0.1, -0.05) is 0 Å². The molecule has 204 valence electrons. The van der Waals surface area contributed by atoms with E-state index in [9.17, 15) is 23.2 Å². The van der Waals surface area contributed by atoms with Crippen molar-refractivity contribution in [2.45, 2.75) is 96.7 Å². The van der Waals surface area contributed by atoms with E-state index < -0.39 is 47.3 Å². The molecule has 0 aliphatic carbocycles. The van der Waals surface area contributed by atoms with Crippen LogP contribution in [0.5, 0.6) is 0 Å². The average molecular weight is 509 g/mol. The Labute approximate surface area is 207 Å². The summed E-state index contributed by atoms with van der Waals surface area (Å²) in [5.74, 6) is -0.834. The number of amides is 2. The molecule has 1 N–H and O–H groups in total. The maximum absolute atomic E-state index is 14.3. The molecule has 2 amide bonds. The SMILES string of the molecule is CC(C)(C)OC(=O)N1CCC(F)(CO)CC1.CCOC(=O)C1(F)CCN(C(=O)OC(C)(C)C)CC1. The zero-order chi connectivity index (χ0) is 27.1. The largest absolute Gasteiger partial charge is 0.464 e. The second-order valence-electron chi connectivity index (χ2n) is 10.9. The Morgan fingerprint density at radius 1 is 0.800 bits per heavy atom. The summed E-state index contributed by atoms with van der Waals surface area (Å²) < 4.78 is 43.0. The van der Waals surface area contributed by atoms with Crippen molar-refractivity contribution in [3.63, 3.8) is 0 Å². The third-order valence-electron chi connectivity index (χ3n) is 5.44. The number of halogens is 2. The van der Waals surface area contributed by atoms with E-state index in [0.29, 0.717) is 13.1 Å². The standard InChI is InChI=1S/C13H22FNO4.C11H20FNO3/c1-5-18-10(16)13(14)6-8-15(9-7-13)11(17)19-12(2,3)4;1-10(2,3)16-9(15)13-6-4-11(12,8-14)5-7-13/h5-9H2,1-4H3;14H,4-8H2,1-3H3. The fourth-order valence-corrected chi connectivity index (χ4v) is 3.41. The normalized spacial score (nSPS) is 19.7. The molecule has 11 heteroatoms. The fourth-order valence-electron chi connectivity index (χ4n) is 3.41. The van der Waals surface area contributed by atoms with Crippen molar-refractivity contribution in [3.05, 3.63) is 0 Å². The molecule has 0 unspecified atom stereocenters. The molecule has 2 saturated heterocycles. The molecule has 0 radical (unpaired) electrons. The summed E-state index contributed by atoms with van der Waals surface area (Å²) in [6.45, 7) is 12.9. The van der Waals surface area contributed by atoms with E-state index in [4.69, 9.17) is 19.3 Å². The Morgan fingerprint density at radius 2 is 1.17 bits per heavy atom. The smallest absolute Gasteiger partial charge is 0.410 e. The first kappa shape index (κ1) is 30.9. The van der Waals surface area contributed by atoms with Gasteiger partial charge in [0.25, 0.3) is 0 Å².